The summed E-state index contributed by atoms with van der Waals surface area (Å²) in [5.74, 6) is 0.339. The summed E-state index contributed by atoms with van der Waals surface area (Å²) in [6, 6.07) is 33.5. The van der Waals surface area contributed by atoms with E-state index in [0.717, 1.165) is 66.1 Å². The van der Waals surface area contributed by atoms with Crippen molar-refractivity contribution in [2.45, 2.75) is 50.9 Å². The molecule has 0 saturated heterocycles. The van der Waals surface area contributed by atoms with Crippen LogP contribution in [0.5, 0.6) is 23.0 Å². The van der Waals surface area contributed by atoms with Crippen molar-refractivity contribution in [1.82, 2.24) is 0 Å². The van der Waals surface area contributed by atoms with Crippen molar-refractivity contribution < 1.29 is 45.4 Å². The number of ketones is 2. The van der Waals surface area contributed by atoms with Gasteiger partial charge in [0.1, 0.15) is 23.0 Å². The molecule has 0 bridgehead atoms. The zero-order chi connectivity index (χ0) is 40.3. The highest BCUT2D eigenvalue weighted by molar-refractivity contribution is 6.09. The number of rotatable bonds is 12. The van der Waals surface area contributed by atoms with E-state index in [9.17, 15) is 35.9 Å². The molecule has 56 heavy (non-hydrogen) atoms. The Bertz CT molecular complexity index is 2260. The fraction of sp³-hybridized carbons (Fsp3) is 0.174. The second-order valence-electron chi connectivity index (χ2n) is 13.5. The lowest BCUT2D eigenvalue weighted by Crippen LogP contribution is -2.54. The lowest BCUT2D eigenvalue weighted by molar-refractivity contribution is -0.288. The van der Waals surface area contributed by atoms with Crippen LogP contribution in [0.4, 0.5) is 26.3 Å². The molecular formula is C46H36F6O4. The number of carbonyl (C=O) groups excluding carboxylic acids is 2. The van der Waals surface area contributed by atoms with Gasteiger partial charge in [-0.2, -0.15) is 26.3 Å². The normalized spacial score (nSPS) is 12.5. The molecule has 0 amide bonds. The van der Waals surface area contributed by atoms with E-state index in [1.807, 2.05) is 31.2 Å². The predicted molar refractivity (Wildman–Crippen MR) is 202 cm³/mol. The van der Waals surface area contributed by atoms with Gasteiger partial charge < -0.3 is 9.47 Å². The molecule has 1 unspecified atom stereocenters. The highest BCUT2D eigenvalue weighted by Gasteiger charge is 2.72. The lowest BCUT2D eigenvalue weighted by Gasteiger charge is -2.38. The van der Waals surface area contributed by atoms with E-state index < -0.39 is 28.9 Å². The molecule has 0 aromatic heterocycles. The Balaban J connectivity index is 1.18. The van der Waals surface area contributed by atoms with E-state index in [1.165, 1.54) is 48.5 Å². The number of benzene rings is 6. The fourth-order valence-corrected chi connectivity index (χ4v) is 6.39. The number of alkyl halides is 6. The van der Waals surface area contributed by atoms with Crippen LogP contribution in [-0.4, -0.2) is 23.9 Å². The maximum atomic E-state index is 14.8. The summed E-state index contributed by atoms with van der Waals surface area (Å²) in [6.07, 6.45) is -10.6. The first-order valence-electron chi connectivity index (χ1n) is 17.8. The molecular weight excluding hydrogens is 730 g/mol. The monoisotopic (exact) mass is 766 g/mol. The third-order valence-electron chi connectivity index (χ3n) is 9.80. The van der Waals surface area contributed by atoms with Crippen LogP contribution in [0, 0.1) is 6.92 Å². The number of hydrogen-bond donors (Lipinski definition) is 0. The van der Waals surface area contributed by atoms with Gasteiger partial charge in [-0.25, -0.2) is 0 Å². The summed E-state index contributed by atoms with van der Waals surface area (Å²) in [6.45, 7) is 6.08. The molecule has 4 nitrogen and oxygen atoms in total. The topological polar surface area (TPSA) is 52.6 Å². The molecule has 0 aliphatic carbocycles. The van der Waals surface area contributed by atoms with Gasteiger partial charge >= 0.3 is 12.4 Å². The first-order valence-corrected chi connectivity index (χ1v) is 17.8. The highest BCUT2D eigenvalue weighted by Crippen LogP contribution is 2.56. The Kier molecular flexibility index (Phi) is 11.2. The van der Waals surface area contributed by atoms with Crippen LogP contribution in [0.1, 0.15) is 80.3 Å². The minimum Gasteiger partial charge on any atom is -0.457 e. The van der Waals surface area contributed by atoms with Crippen molar-refractivity contribution in [2.75, 3.05) is 0 Å². The van der Waals surface area contributed by atoms with Gasteiger partial charge in [0.25, 0.3) is 0 Å². The average Bonchev–Trinajstić information content (AvgIpc) is 3.18. The van der Waals surface area contributed by atoms with Gasteiger partial charge in [0.05, 0.1) is 0 Å². The minimum atomic E-state index is -5.80. The average molecular weight is 767 g/mol. The molecule has 6 aromatic rings. The van der Waals surface area contributed by atoms with E-state index in [-0.39, 0.29) is 34.6 Å². The first kappa shape index (κ1) is 39.5. The molecule has 0 aliphatic heterocycles. The largest absolute Gasteiger partial charge is 0.457 e. The molecule has 1 atom stereocenters. The second kappa shape index (κ2) is 15.9. The molecule has 6 rings (SSSR count). The molecule has 10 heteroatoms. The third kappa shape index (κ3) is 8.10. The predicted octanol–water partition coefficient (Wildman–Crippen LogP) is 13.0. The van der Waals surface area contributed by atoms with Gasteiger partial charge in [0, 0.05) is 22.3 Å². The minimum absolute atomic E-state index is 0.0120. The molecule has 0 spiro atoms. The van der Waals surface area contributed by atoms with Gasteiger partial charge in [0.15, 0.2) is 11.6 Å². The quantitative estimate of drug-likeness (QED) is 0.0919. The Hall–Kier alpha value is -6.16. The molecule has 0 aliphatic rings. The van der Waals surface area contributed by atoms with Crippen LogP contribution in [0.25, 0.3) is 0 Å². The highest BCUT2D eigenvalue weighted by atomic mass is 19.4. The van der Waals surface area contributed by atoms with Crippen LogP contribution in [-0.2, 0) is 5.41 Å². The van der Waals surface area contributed by atoms with Crippen molar-refractivity contribution in [3.05, 3.63) is 190 Å². The lowest BCUT2D eigenvalue weighted by atomic mass is 9.73. The van der Waals surface area contributed by atoms with E-state index >= 15 is 0 Å². The van der Waals surface area contributed by atoms with Crippen LogP contribution in [0.15, 0.2) is 146 Å². The third-order valence-corrected chi connectivity index (χ3v) is 9.80. The van der Waals surface area contributed by atoms with Crippen LogP contribution < -0.4 is 9.47 Å². The standard InChI is InChI=1S/C46H36F6O4/c1-4-30(3)31-9-11-33(12-10-31)43(54)35-15-23-39(24-16-35)56-41-27-19-37(20-28-41)44(45(47,48)49,46(50,51)52)36-17-25-40(26-18-36)55-38-21-13-34(14-22-38)42(53)32-7-5-29(2)6-8-32/h5-28,30H,4H2,1-3H3. The van der Waals surface area contributed by atoms with Crippen molar-refractivity contribution >= 4 is 11.6 Å². The smallest absolute Gasteiger partial charge is 0.411 e. The molecule has 0 fully saturated rings. The number of ether oxygens (including phenoxy) is 2. The maximum Gasteiger partial charge on any atom is 0.411 e. The molecule has 6 aromatic carbocycles. The number of aryl methyl sites for hydroxylation is 1. The molecule has 0 saturated carbocycles. The molecule has 0 radical (unpaired) electrons. The van der Waals surface area contributed by atoms with Crippen molar-refractivity contribution in [1.29, 1.82) is 0 Å². The van der Waals surface area contributed by atoms with E-state index in [0.29, 0.717) is 28.2 Å². The Labute approximate surface area is 320 Å². The Morgan fingerprint density at radius 1 is 0.482 bits per heavy atom. The molecule has 0 N–H and O–H groups in total. The Morgan fingerprint density at radius 2 is 0.768 bits per heavy atom. The molecule has 0 heterocycles. The van der Waals surface area contributed by atoms with Crippen LogP contribution >= 0.6 is 0 Å². The number of carbonyl (C=O) groups is 2. The second-order valence-corrected chi connectivity index (χ2v) is 13.5. The summed E-state index contributed by atoms with van der Waals surface area (Å²) in [5, 5.41) is 0. The van der Waals surface area contributed by atoms with Gasteiger partial charge in [0.2, 0.25) is 5.41 Å². The SMILES string of the molecule is CCC(C)c1ccc(C(=O)c2ccc(Oc3ccc(C(c4ccc(Oc5ccc(C(=O)c6ccc(C)cc6)cc5)cc4)(C(F)(F)F)C(F)(F)F)cc3)cc2)cc1. The van der Waals surface area contributed by atoms with Crippen LogP contribution in [0.3, 0.4) is 0 Å². The van der Waals surface area contributed by atoms with Gasteiger partial charge in [-0.1, -0.05) is 92.2 Å². The summed E-state index contributed by atoms with van der Waals surface area (Å²) in [4.78, 5) is 25.8. The Morgan fingerprint density at radius 3 is 1.07 bits per heavy atom. The van der Waals surface area contributed by atoms with E-state index in [1.54, 1.807) is 24.3 Å². The zero-order valence-corrected chi connectivity index (χ0v) is 30.5. The summed E-state index contributed by atoms with van der Waals surface area (Å²) >= 11 is 0. The summed E-state index contributed by atoms with van der Waals surface area (Å²) in [5.41, 5.74) is -2.66. The van der Waals surface area contributed by atoms with Crippen molar-refractivity contribution in [3.63, 3.8) is 0 Å². The van der Waals surface area contributed by atoms with Crippen molar-refractivity contribution in [2.24, 2.45) is 0 Å². The number of halogens is 6. The first-order chi connectivity index (χ1) is 26.6. The number of hydrogen-bond acceptors (Lipinski definition) is 4. The summed E-state index contributed by atoms with van der Waals surface area (Å²) < 4.78 is 100. The van der Waals surface area contributed by atoms with E-state index in [2.05, 4.69) is 13.8 Å². The van der Waals surface area contributed by atoms with Crippen molar-refractivity contribution in [3.8, 4) is 23.0 Å². The van der Waals surface area contributed by atoms with E-state index in [4.69, 9.17) is 9.47 Å². The summed E-state index contributed by atoms with van der Waals surface area (Å²) in [7, 11) is 0. The van der Waals surface area contributed by atoms with Gasteiger partial charge in [-0.15, -0.1) is 0 Å². The molecule has 286 valence electrons. The zero-order valence-electron chi connectivity index (χ0n) is 30.5. The van der Waals surface area contributed by atoms with Gasteiger partial charge in [-0.3, -0.25) is 9.59 Å². The van der Waals surface area contributed by atoms with Crippen LogP contribution in [0.2, 0.25) is 0 Å². The fourth-order valence-electron chi connectivity index (χ4n) is 6.39. The maximum absolute atomic E-state index is 14.8. The van der Waals surface area contributed by atoms with Gasteiger partial charge in [-0.05, 0) is 109 Å².